The van der Waals surface area contributed by atoms with Crippen LogP contribution in [0, 0.1) is 13.8 Å². The Hall–Kier alpha value is -1.17. The van der Waals surface area contributed by atoms with Gasteiger partial charge in [0.05, 0.1) is 5.75 Å². The maximum Gasteiger partial charge on any atom is 0.189 e. The largest absolute Gasteiger partial charge is 0.309 e. The lowest BCUT2D eigenvalue weighted by molar-refractivity contribution is 0.560. The number of rotatable bonds is 6. The topological polar surface area (TPSA) is 46.2 Å². The minimum absolute atomic E-state index is 0.0875. The van der Waals surface area contributed by atoms with Crippen molar-refractivity contribution in [3.05, 3.63) is 52.4 Å². The van der Waals surface area contributed by atoms with Crippen LogP contribution in [0.2, 0.25) is 0 Å². The number of nitrogens with one attached hydrogen (secondary N) is 1. The fourth-order valence-corrected chi connectivity index (χ4v) is 5.08. The first-order chi connectivity index (χ1) is 9.92. The minimum atomic E-state index is -3.26. The summed E-state index contributed by atoms with van der Waals surface area (Å²) in [6.07, 6.45) is 0. The molecule has 114 valence electrons. The van der Waals surface area contributed by atoms with Crippen molar-refractivity contribution in [2.24, 2.45) is 0 Å². The minimum Gasteiger partial charge on any atom is -0.309 e. The van der Waals surface area contributed by atoms with Gasteiger partial charge in [-0.25, -0.2) is 8.42 Å². The molecule has 0 saturated heterocycles. The van der Waals surface area contributed by atoms with Gasteiger partial charge in [-0.2, -0.15) is 0 Å². The molecule has 3 nitrogen and oxygen atoms in total. The van der Waals surface area contributed by atoms with Crippen LogP contribution >= 0.6 is 11.3 Å². The van der Waals surface area contributed by atoms with E-state index in [0.29, 0.717) is 4.21 Å². The SMILES string of the molecule is CCNC(CS(=O)(=O)c1cccs1)c1cc(C)cc(C)c1. The van der Waals surface area contributed by atoms with Gasteiger partial charge in [0.25, 0.3) is 0 Å². The first-order valence-corrected chi connectivity index (χ1v) is 9.53. The molecule has 0 aliphatic carbocycles. The summed E-state index contributed by atoms with van der Waals surface area (Å²) in [5.74, 6) is 0.0875. The number of aryl methyl sites for hydroxylation is 2. The lowest BCUT2D eigenvalue weighted by atomic mass is 10.0. The van der Waals surface area contributed by atoms with Crippen LogP contribution in [-0.4, -0.2) is 20.7 Å². The first kappa shape index (κ1) is 16.2. The van der Waals surface area contributed by atoms with E-state index in [2.05, 4.69) is 23.5 Å². The highest BCUT2D eigenvalue weighted by atomic mass is 32.2. The van der Waals surface area contributed by atoms with Gasteiger partial charge in [0.15, 0.2) is 9.84 Å². The number of sulfone groups is 1. The van der Waals surface area contributed by atoms with Crippen molar-refractivity contribution < 1.29 is 8.42 Å². The third kappa shape index (κ3) is 4.15. The summed E-state index contributed by atoms with van der Waals surface area (Å²) in [6, 6.07) is 9.48. The smallest absolute Gasteiger partial charge is 0.189 e. The molecule has 0 aliphatic rings. The van der Waals surface area contributed by atoms with Crippen molar-refractivity contribution in [3.8, 4) is 0 Å². The molecular formula is C16H21NO2S2. The van der Waals surface area contributed by atoms with Crippen LogP contribution in [0.25, 0.3) is 0 Å². The molecule has 0 aliphatic heterocycles. The third-order valence-corrected chi connectivity index (χ3v) is 6.52. The van der Waals surface area contributed by atoms with E-state index in [1.807, 2.05) is 20.8 Å². The van der Waals surface area contributed by atoms with Crippen LogP contribution in [-0.2, 0) is 9.84 Å². The normalized spacial score (nSPS) is 13.3. The zero-order valence-corrected chi connectivity index (χ0v) is 14.2. The highest BCUT2D eigenvalue weighted by Gasteiger charge is 2.23. The number of benzene rings is 1. The van der Waals surface area contributed by atoms with Crippen molar-refractivity contribution in [2.45, 2.75) is 31.0 Å². The lowest BCUT2D eigenvalue weighted by Gasteiger charge is -2.19. The van der Waals surface area contributed by atoms with Crippen LogP contribution < -0.4 is 5.32 Å². The molecular weight excluding hydrogens is 302 g/mol. The van der Waals surface area contributed by atoms with Crippen LogP contribution in [0.1, 0.15) is 29.7 Å². The molecule has 1 heterocycles. The summed E-state index contributed by atoms with van der Waals surface area (Å²) in [5.41, 5.74) is 3.34. The van der Waals surface area contributed by atoms with E-state index < -0.39 is 9.84 Å². The molecule has 21 heavy (non-hydrogen) atoms. The molecule has 0 bridgehead atoms. The predicted molar refractivity (Wildman–Crippen MR) is 88.7 cm³/mol. The van der Waals surface area contributed by atoms with Gasteiger partial charge in [0, 0.05) is 6.04 Å². The lowest BCUT2D eigenvalue weighted by Crippen LogP contribution is -2.28. The van der Waals surface area contributed by atoms with E-state index in [-0.39, 0.29) is 11.8 Å². The average molecular weight is 323 g/mol. The summed E-state index contributed by atoms with van der Waals surface area (Å²) in [6.45, 7) is 6.80. The predicted octanol–water partition coefficient (Wildman–Crippen LogP) is 3.49. The quantitative estimate of drug-likeness (QED) is 0.885. The molecule has 0 saturated carbocycles. The summed E-state index contributed by atoms with van der Waals surface area (Å²) in [4.78, 5) is 0. The molecule has 1 atom stereocenters. The zero-order chi connectivity index (χ0) is 15.5. The maximum absolute atomic E-state index is 12.5. The summed E-state index contributed by atoms with van der Waals surface area (Å²) in [5, 5.41) is 5.09. The second kappa shape index (κ2) is 6.73. The van der Waals surface area contributed by atoms with Gasteiger partial charge in [-0.05, 0) is 37.4 Å². The van der Waals surface area contributed by atoms with Gasteiger partial charge < -0.3 is 5.32 Å². The van der Waals surface area contributed by atoms with Crippen molar-refractivity contribution in [1.29, 1.82) is 0 Å². The van der Waals surface area contributed by atoms with Gasteiger partial charge in [0.1, 0.15) is 4.21 Å². The molecule has 2 aromatic rings. The highest BCUT2D eigenvalue weighted by Crippen LogP contribution is 2.24. The Balaban J connectivity index is 2.31. The zero-order valence-electron chi connectivity index (χ0n) is 12.6. The van der Waals surface area contributed by atoms with Gasteiger partial charge >= 0.3 is 0 Å². The van der Waals surface area contributed by atoms with Crippen molar-refractivity contribution in [3.63, 3.8) is 0 Å². The van der Waals surface area contributed by atoms with E-state index >= 15 is 0 Å². The molecule has 0 amide bonds. The molecule has 2 rings (SSSR count). The molecule has 0 fully saturated rings. The molecule has 5 heteroatoms. The Labute approximate surface area is 130 Å². The third-order valence-electron chi connectivity index (χ3n) is 3.28. The molecule has 1 aromatic carbocycles. The molecule has 1 N–H and O–H groups in total. The van der Waals surface area contributed by atoms with E-state index in [4.69, 9.17) is 0 Å². The fourth-order valence-electron chi connectivity index (χ4n) is 2.47. The van der Waals surface area contributed by atoms with E-state index in [9.17, 15) is 8.42 Å². The first-order valence-electron chi connectivity index (χ1n) is 7.00. The molecule has 0 radical (unpaired) electrons. The van der Waals surface area contributed by atoms with Gasteiger partial charge in [-0.15, -0.1) is 11.3 Å². The Morgan fingerprint density at radius 1 is 1.19 bits per heavy atom. The van der Waals surface area contributed by atoms with Gasteiger partial charge in [0.2, 0.25) is 0 Å². The Morgan fingerprint density at radius 2 is 1.86 bits per heavy atom. The van der Waals surface area contributed by atoms with Crippen molar-refractivity contribution >= 4 is 21.2 Å². The maximum atomic E-state index is 12.5. The summed E-state index contributed by atoms with van der Waals surface area (Å²) >= 11 is 1.28. The van der Waals surface area contributed by atoms with Crippen molar-refractivity contribution in [1.82, 2.24) is 5.32 Å². The number of hydrogen-bond donors (Lipinski definition) is 1. The Kier molecular flexibility index (Phi) is 5.19. The monoisotopic (exact) mass is 323 g/mol. The van der Waals surface area contributed by atoms with Crippen LogP contribution in [0.3, 0.4) is 0 Å². The molecule has 0 spiro atoms. The molecule has 1 aromatic heterocycles. The van der Waals surface area contributed by atoms with E-state index in [1.165, 1.54) is 11.3 Å². The van der Waals surface area contributed by atoms with Crippen LogP contribution in [0.5, 0.6) is 0 Å². The summed E-state index contributed by atoms with van der Waals surface area (Å²) < 4.78 is 25.4. The molecule has 1 unspecified atom stereocenters. The standard InChI is InChI=1S/C16H21NO2S2/c1-4-17-15(14-9-12(2)8-13(3)10-14)11-21(18,19)16-6-5-7-20-16/h5-10,15,17H,4,11H2,1-3H3. The van der Waals surface area contributed by atoms with E-state index in [0.717, 1.165) is 23.2 Å². The van der Waals surface area contributed by atoms with Crippen LogP contribution in [0.15, 0.2) is 39.9 Å². The summed E-state index contributed by atoms with van der Waals surface area (Å²) in [7, 11) is -3.26. The van der Waals surface area contributed by atoms with Crippen molar-refractivity contribution in [2.75, 3.05) is 12.3 Å². The van der Waals surface area contributed by atoms with Crippen LogP contribution in [0.4, 0.5) is 0 Å². The van der Waals surface area contributed by atoms with Gasteiger partial charge in [-0.1, -0.05) is 42.3 Å². The average Bonchev–Trinajstić information content (AvgIpc) is 2.91. The Morgan fingerprint density at radius 3 is 2.38 bits per heavy atom. The second-order valence-corrected chi connectivity index (χ2v) is 8.45. The number of hydrogen-bond acceptors (Lipinski definition) is 4. The van der Waals surface area contributed by atoms with Gasteiger partial charge in [-0.3, -0.25) is 0 Å². The second-order valence-electron chi connectivity index (χ2n) is 5.24. The van der Waals surface area contributed by atoms with E-state index in [1.54, 1.807) is 17.5 Å². The number of thiophene rings is 1. The Bertz CT molecular complexity index is 671. The fraction of sp³-hybridized carbons (Fsp3) is 0.375. The highest BCUT2D eigenvalue weighted by molar-refractivity contribution is 7.93.